The zero-order valence-electron chi connectivity index (χ0n) is 24.6. The molecule has 218 valence electrons. The minimum absolute atomic E-state index is 0.0566. The molecule has 1 aliphatic rings. The summed E-state index contributed by atoms with van der Waals surface area (Å²) in [5, 5.41) is 6.86. The molecule has 42 heavy (non-hydrogen) atoms. The van der Waals surface area contributed by atoms with Crippen LogP contribution in [0.25, 0.3) is 0 Å². The Balaban J connectivity index is 1.24. The molecule has 2 atom stereocenters. The highest BCUT2D eigenvalue weighted by molar-refractivity contribution is 5.82. The summed E-state index contributed by atoms with van der Waals surface area (Å²) in [6, 6.07) is 30.6. The molecule has 2 N–H and O–H groups in total. The predicted molar refractivity (Wildman–Crippen MR) is 168 cm³/mol. The molecule has 0 aliphatic carbocycles. The Hall–Kier alpha value is -4.20. The van der Waals surface area contributed by atoms with Gasteiger partial charge in [-0.1, -0.05) is 48.5 Å². The van der Waals surface area contributed by atoms with E-state index in [2.05, 4.69) is 75.7 Å². The molecule has 1 fully saturated rings. The molecule has 4 aromatic rings. The molecule has 3 aromatic carbocycles. The minimum Gasteiger partial charge on any atom is -0.457 e. The molecular weight excluding hydrogens is 522 g/mol. The number of aromatic nitrogens is 1. The van der Waals surface area contributed by atoms with Crippen LogP contribution < -0.4 is 20.3 Å². The number of amides is 1. The van der Waals surface area contributed by atoms with E-state index in [9.17, 15) is 4.79 Å². The summed E-state index contributed by atoms with van der Waals surface area (Å²) in [5.41, 5.74) is 4.58. The summed E-state index contributed by atoms with van der Waals surface area (Å²) in [6.45, 7) is 9.01. The number of para-hydroxylation sites is 1. The monoisotopic (exact) mass is 563 g/mol. The summed E-state index contributed by atoms with van der Waals surface area (Å²) in [4.78, 5) is 22.3. The number of anilines is 1. The van der Waals surface area contributed by atoms with Gasteiger partial charge in [0.15, 0.2) is 0 Å². The SMILES string of the molecule is CCN(CC)c1ccc(CN2C[C@@H](NCc3cccc(Oc4ccccc4)c3)C[C@H]2C(=O)NCc2cccnc2)cc1. The normalized spacial score (nSPS) is 16.7. The average Bonchev–Trinajstić information content (AvgIpc) is 3.44. The standard InChI is InChI=1S/C35H41N5O2/c1-3-39(4-2)31-17-15-27(16-18-31)25-40-26-30(21-34(40)35(41)38-24-29-11-9-19-36-22-29)37-23-28-10-8-14-33(20-28)42-32-12-6-5-7-13-32/h5-20,22,30,34,37H,3-4,21,23-26H2,1-2H3,(H,38,41)/t30-,34-/m0/s1. The first kappa shape index (κ1) is 29.3. The molecule has 7 heteroatoms. The van der Waals surface area contributed by atoms with E-state index in [-0.39, 0.29) is 18.0 Å². The van der Waals surface area contributed by atoms with Crippen LogP contribution in [0.4, 0.5) is 5.69 Å². The number of hydrogen-bond donors (Lipinski definition) is 2. The fourth-order valence-corrected chi connectivity index (χ4v) is 5.55. The van der Waals surface area contributed by atoms with E-state index in [1.807, 2.05) is 54.6 Å². The maximum Gasteiger partial charge on any atom is 0.237 e. The molecule has 0 radical (unpaired) electrons. The van der Waals surface area contributed by atoms with E-state index < -0.39 is 0 Å². The van der Waals surface area contributed by atoms with Crippen molar-refractivity contribution >= 4 is 11.6 Å². The molecular formula is C35H41N5O2. The lowest BCUT2D eigenvalue weighted by molar-refractivity contribution is -0.125. The van der Waals surface area contributed by atoms with Gasteiger partial charge in [0.2, 0.25) is 5.91 Å². The Labute approximate surface area is 249 Å². The number of likely N-dealkylation sites (tertiary alicyclic amines) is 1. The van der Waals surface area contributed by atoms with Crippen LogP contribution in [0.5, 0.6) is 11.5 Å². The molecule has 1 saturated heterocycles. The van der Waals surface area contributed by atoms with Crippen LogP contribution in [0.2, 0.25) is 0 Å². The second kappa shape index (κ2) is 14.6. The van der Waals surface area contributed by atoms with Crippen LogP contribution in [0.1, 0.15) is 37.0 Å². The Kier molecular flexibility index (Phi) is 10.2. The van der Waals surface area contributed by atoms with Gasteiger partial charge in [-0.2, -0.15) is 0 Å². The molecule has 5 rings (SSSR count). The van der Waals surface area contributed by atoms with Gasteiger partial charge in [-0.15, -0.1) is 0 Å². The highest BCUT2D eigenvalue weighted by atomic mass is 16.5. The second-order valence-corrected chi connectivity index (χ2v) is 10.7. The molecule has 0 spiro atoms. The van der Waals surface area contributed by atoms with Gasteiger partial charge < -0.3 is 20.3 Å². The lowest BCUT2D eigenvalue weighted by atomic mass is 10.1. The third-order valence-corrected chi connectivity index (χ3v) is 7.82. The smallest absolute Gasteiger partial charge is 0.237 e. The van der Waals surface area contributed by atoms with Gasteiger partial charge in [0, 0.05) is 63.4 Å². The van der Waals surface area contributed by atoms with Gasteiger partial charge in [0.05, 0.1) is 6.04 Å². The predicted octanol–water partition coefficient (Wildman–Crippen LogP) is 5.77. The van der Waals surface area contributed by atoms with E-state index in [1.54, 1.807) is 12.4 Å². The van der Waals surface area contributed by atoms with Crippen LogP contribution in [0.15, 0.2) is 103 Å². The van der Waals surface area contributed by atoms with Crippen molar-refractivity contribution in [1.82, 2.24) is 20.5 Å². The molecule has 1 aromatic heterocycles. The summed E-state index contributed by atoms with van der Waals surface area (Å²) in [5.74, 6) is 1.69. The fourth-order valence-electron chi connectivity index (χ4n) is 5.55. The fraction of sp³-hybridized carbons (Fsp3) is 0.314. The third-order valence-electron chi connectivity index (χ3n) is 7.82. The van der Waals surface area contributed by atoms with Crippen LogP contribution in [0.3, 0.4) is 0 Å². The number of nitrogens with zero attached hydrogens (tertiary/aromatic N) is 3. The number of carbonyl (C=O) groups is 1. The highest BCUT2D eigenvalue weighted by Crippen LogP contribution is 2.25. The van der Waals surface area contributed by atoms with Crippen molar-refractivity contribution < 1.29 is 9.53 Å². The van der Waals surface area contributed by atoms with Crippen molar-refractivity contribution in [3.05, 3.63) is 120 Å². The van der Waals surface area contributed by atoms with Crippen LogP contribution in [0, 0.1) is 0 Å². The second-order valence-electron chi connectivity index (χ2n) is 10.7. The molecule has 1 amide bonds. The minimum atomic E-state index is -0.214. The molecule has 1 aliphatic heterocycles. The third kappa shape index (κ3) is 7.96. The number of carbonyl (C=O) groups excluding carboxylic acids is 1. The van der Waals surface area contributed by atoms with E-state index >= 15 is 0 Å². The summed E-state index contributed by atoms with van der Waals surface area (Å²) >= 11 is 0. The molecule has 0 saturated carbocycles. The van der Waals surface area contributed by atoms with Crippen LogP contribution in [-0.4, -0.2) is 47.5 Å². The first-order valence-electron chi connectivity index (χ1n) is 14.9. The first-order valence-corrected chi connectivity index (χ1v) is 14.9. The molecule has 0 bridgehead atoms. The van der Waals surface area contributed by atoms with Gasteiger partial charge in [-0.05, 0) is 79.4 Å². The average molecular weight is 564 g/mol. The van der Waals surface area contributed by atoms with Crippen LogP contribution in [-0.2, 0) is 24.4 Å². The van der Waals surface area contributed by atoms with E-state index in [1.165, 1.54) is 11.3 Å². The summed E-state index contributed by atoms with van der Waals surface area (Å²) in [7, 11) is 0. The van der Waals surface area contributed by atoms with Crippen molar-refractivity contribution in [2.75, 3.05) is 24.5 Å². The Bertz CT molecular complexity index is 1390. The number of rotatable bonds is 13. The maximum atomic E-state index is 13.5. The molecule has 2 heterocycles. The van der Waals surface area contributed by atoms with E-state index in [4.69, 9.17) is 4.74 Å². The van der Waals surface area contributed by atoms with Crippen LogP contribution >= 0.6 is 0 Å². The Morgan fingerprint density at radius 2 is 1.64 bits per heavy atom. The number of benzene rings is 3. The van der Waals surface area contributed by atoms with E-state index in [0.717, 1.165) is 55.2 Å². The summed E-state index contributed by atoms with van der Waals surface area (Å²) in [6.07, 6.45) is 4.29. The van der Waals surface area contributed by atoms with E-state index in [0.29, 0.717) is 13.1 Å². The van der Waals surface area contributed by atoms with Gasteiger partial charge >= 0.3 is 0 Å². The molecule has 7 nitrogen and oxygen atoms in total. The van der Waals surface area contributed by atoms with Crippen molar-refractivity contribution in [2.24, 2.45) is 0 Å². The quantitative estimate of drug-likeness (QED) is 0.215. The number of ether oxygens (including phenoxy) is 1. The lowest BCUT2D eigenvalue weighted by Crippen LogP contribution is -2.42. The Morgan fingerprint density at radius 1 is 0.881 bits per heavy atom. The van der Waals surface area contributed by atoms with Crippen molar-refractivity contribution in [2.45, 2.75) is 52.0 Å². The largest absolute Gasteiger partial charge is 0.457 e. The lowest BCUT2D eigenvalue weighted by Gasteiger charge is -2.25. The van der Waals surface area contributed by atoms with Crippen molar-refractivity contribution in [3.8, 4) is 11.5 Å². The zero-order valence-corrected chi connectivity index (χ0v) is 24.6. The van der Waals surface area contributed by atoms with Crippen molar-refractivity contribution in [3.63, 3.8) is 0 Å². The maximum absolute atomic E-state index is 13.5. The summed E-state index contributed by atoms with van der Waals surface area (Å²) < 4.78 is 6.03. The first-order chi connectivity index (χ1) is 20.6. The van der Waals surface area contributed by atoms with Crippen molar-refractivity contribution in [1.29, 1.82) is 0 Å². The van der Waals surface area contributed by atoms with Gasteiger partial charge in [-0.3, -0.25) is 14.7 Å². The van der Waals surface area contributed by atoms with Gasteiger partial charge in [0.25, 0.3) is 0 Å². The number of hydrogen-bond acceptors (Lipinski definition) is 6. The zero-order chi connectivity index (χ0) is 29.1. The van der Waals surface area contributed by atoms with Gasteiger partial charge in [0.1, 0.15) is 11.5 Å². The number of pyridine rings is 1. The Morgan fingerprint density at radius 3 is 2.38 bits per heavy atom. The number of nitrogens with one attached hydrogen (secondary N) is 2. The molecule has 0 unspecified atom stereocenters. The highest BCUT2D eigenvalue weighted by Gasteiger charge is 2.36. The van der Waals surface area contributed by atoms with Gasteiger partial charge in [-0.25, -0.2) is 0 Å². The topological polar surface area (TPSA) is 69.7 Å².